The number of rotatable bonds is 5. The Morgan fingerprint density at radius 1 is 1.53 bits per heavy atom. The van der Waals surface area contributed by atoms with Crippen molar-refractivity contribution in [1.82, 2.24) is 14.7 Å². The Morgan fingerprint density at radius 3 is 2.89 bits per heavy atom. The highest BCUT2D eigenvalue weighted by Crippen LogP contribution is 2.23. The van der Waals surface area contributed by atoms with Gasteiger partial charge in [-0.25, -0.2) is 0 Å². The number of nitrogens with zero attached hydrogens (tertiary/aromatic N) is 3. The molecule has 1 atom stereocenters. The van der Waals surface area contributed by atoms with Crippen LogP contribution < -0.4 is 0 Å². The van der Waals surface area contributed by atoms with E-state index in [2.05, 4.69) is 39.9 Å². The van der Waals surface area contributed by atoms with Gasteiger partial charge in [0.2, 0.25) is 0 Å². The molecule has 2 heterocycles. The van der Waals surface area contributed by atoms with Crippen molar-refractivity contribution in [3.05, 3.63) is 15.9 Å². The molecule has 1 aliphatic rings. The number of aryl methyl sites for hydroxylation is 2. The highest BCUT2D eigenvalue weighted by atomic mass is 79.9. The van der Waals surface area contributed by atoms with Crippen LogP contribution in [-0.2, 0) is 24.8 Å². The molecule has 2 rings (SSSR count). The number of halogens is 1. The van der Waals surface area contributed by atoms with Gasteiger partial charge in [-0.3, -0.25) is 4.68 Å². The minimum atomic E-state index is 0.677. The van der Waals surface area contributed by atoms with E-state index >= 15 is 0 Å². The third-order valence-corrected chi connectivity index (χ3v) is 4.66. The van der Waals surface area contributed by atoms with E-state index in [1.54, 1.807) is 0 Å². The third-order valence-electron chi connectivity index (χ3n) is 3.75. The molecule has 19 heavy (non-hydrogen) atoms. The topological polar surface area (TPSA) is 30.3 Å². The molecule has 0 radical (unpaired) electrons. The lowest BCUT2D eigenvalue weighted by molar-refractivity contribution is 0.0408. The van der Waals surface area contributed by atoms with Crippen molar-refractivity contribution >= 4 is 15.9 Å². The number of hydrogen-bond acceptors (Lipinski definition) is 3. The number of ether oxygens (including phenoxy) is 1. The van der Waals surface area contributed by atoms with Gasteiger partial charge in [-0.05, 0) is 48.2 Å². The molecule has 0 amide bonds. The summed E-state index contributed by atoms with van der Waals surface area (Å²) in [6.45, 7) is 6.02. The largest absolute Gasteiger partial charge is 0.381 e. The van der Waals surface area contributed by atoms with Crippen LogP contribution >= 0.6 is 15.9 Å². The Morgan fingerprint density at radius 2 is 2.32 bits per heavy atom. The molecule has 0 aromatic carbocycles. The van der Waals surface area contributed by atoms with Crippen LogP contribution in [-0.4, -0.2) is 41.5 Å². The van der Waals surface area contributed by atoms with E-state index in [0.717, 1.165) is 38.4 Å². The fraction of sp³-hybridized carbons (Fsp3) is 0.786. The summed E-state index contributed by atoms with van der Waals surface area (Å²) in [5.74, 6) is 0.677. The van der Waals surface area contributed by atoms with Crippen LogP contribution in [0, 0.1) is 5.92 Å². The van der Waals surface area contributed by atoms with E-state index < -0.39 is 0 Å². The maximum atomic E-state index is 5.55. The van der Waals surface area contributed by atoms with Crippen molar-refractivity contribution in [1.29, 1.82) is 0 Å². The summed E-state index contributed by atoms with van der Waals surface area (Å²) in [6, 6.07) is 0. The molecule has 0 N–H and O–H groups in total. The van der Waals surface area contributed by atoms with Gasteiger partial charge in [0.25, 0.3) is 0 Å². The lowest BCUT2D eigenvalue weighted by Crippen LogP contribution is -2.31. The first kappa shape index (κ1) is 15.0. The van der Waals surface area contributed by atoms with E-state index in [9.17, 15) is 0 Å². The fourth-order valence-corrected chi connectivity index (χ4v) is 3.45. The predicted molar refractivity (Wildman–Crippen MR) is 80.2 cm³/mol. The Hall–Kier alpha value is -0.390. The van der Waals surface area contributed by atoms with Gasteiger partial charge >= 0.3 is 0 Å². The minimum Gasteiger partial charge on any atom is -0.381 e. The van der Waals surface area contributed by atoms with E-state index in [1.165, 1.54) is 23.0 Å². The van der Waals surface area contributed by atoms with Crippen LogP contribution in [0.3, 0.4) is 0 Å². The molecule has 1 unspecified atom stereocenters. The summed E-state index contributed by atoms with van der Waals surface area (Å²) < 4.78 is 8.72. The van der Waals surface area contributed by atoms with Gasteiger partial charge in [-0.2, -0.15) is 5.10 Å². The van der Waals surface area contributed by atoms with Gasteiger partial charge in [0.1, 0.15) is 0 Å². The quantitative estimate of drug-likeness (QED) is 0.831. The summed E-state index contributed by atoms with van der Waals surface area (Å²) in [5.41, 5.74) is 2.41. The van der Waals surface area contributed by atoms with Crippen LogP contribution in [0.5, 0.6) is 0 Å². The molecular weight excluding hydrogens is 306 g/mol. The normalized spacial score (nSPS) is 20.2. The monoisotopic (exact) mass is 329 g/mol. The zero-order chi connectivity index (χ0) is 13.8. The highest BCUT2D eigenvalue weighted by molar-refractivity contribution is 9.10. The summed E-state index contributed by atoms with van der Waals surface area (Å²) in [5, 5.41) is 4.55. The van der Waals surface area contributed by atoms with Gasteiger partial charge in [0.15, 0.2) is 0 Å². The van der Waals surface area contributed by atoms with Crippen molar-refractivity contribution < 1.29 is 4.74 Å². The Bertz CT molecular complexity index is 413. The van der Waals surface area contributed by atoms with Crippen LogP contribution in [0.4, 0.5) is 0 Å². The molecule has 4 nitrogen and oxygen atoms in total. The first-order valence-electron chi connectivity index (χ1n) is 7.08. The lowest BCUT2D eigenvalue weighted by Gasteiger charge is -2.27. The SMILES string of the molecule is CCc1nn(C)c(CN(C)CC2CCCOC2)c1Br. The van der Waals surface area contributed by atoms with Crippen molar-refractivity contribution in [2.75, 3.05) is 26.8 Å². The lowest BCUT2D eigenvalue weighted by atomic mass is 10.0. The second-order valence-electron chi connectivity index (χ2n) is 5.46. The molecule has 0 bridgehead atoms. The van der Waals surface area contributed by atoms with Gasteiger partial charge in [0, 0.05) is 26.7 Å². The Balaban J connectivity index is 1.94. The second-order valence-corrected chi connectivity index (χ2v) is 6.26. The average Bonchev–Trinajstić information content (AvgIpc) is 2.67. The van der Waals surface area contributed by atoms with Gasteiger partial charge in [-0.15, -0.1) is 0 Å². The van der Waals surface area contributed by atoms with Gasteiger partial charge in [0.05, 0.1) is 22.5 Å². The number of hydrogen-bond donors (Lipinski definition) is 0. The van der Waals surface area contributed by atoms with Crippen LogP contribution in [0.15, 0.2) is 4.47 Å². The summed E-state index contributed by atoms with van der Waals surface area (Å²) in [7, 11) is 4.20. The molecule has 0 saturated carbocycles. The molecule has 1 aliphatic heterocycles. The Labute approximate surface area is 124 Å². The zero-order valence-corrected chi connectivity index (χ0v) is 13.7. The summed E-state index contributed by atoms with van der Waals surface area (Å²) in [4.78, 5) is 2.38. The third kappa shape index (κ3) is 3.80. The van der Waals surface area contributed by atoms with E-state index in [0.29, 0.717) is 5.92 Å². The smallest absolute Gasteiger partial charge is 0.0767 e. The second kappa shape index (κ2) is 6.86. The van der Waals surface area contributed by atoms with Crippen LogP contribution in [0.2, 0.25) is 0 Å². The molecule has 1 aromatic heterocycles. The first-order chi connectivity index (χ1) is 9.11. The van der Waals surface area contributed by atoms with Gasteiger partial charge in [-0.1, -0.05) is 6.92 Å². The predicted octanol–water partition coefficient (Wildman–Crippen LogP) is 2.60. The molecule has 0 spiro atoms. The maximum absolute atomic E-state index is 5.55. The van der Waals surface area contributed by atoms with E-state index in [4.69, 9.17) is 4.74 Å². The summed E-state index contributed by atoms with van der Waals surface area (Å²) in [6.07, 6.45) is 3.46. The molecule has 1 aromatic rings. The van der Waals surface area contributed by atoms with Crippen molar-refractivity contribution in [2.24, 2.45) is 13.0 Å². The highest BCUT2D eigenvalue weighted by Gasteiger charge is 2.18. The molecule has 5 heteroatoms. The number of aromatic nitrogens is 2. The average molecular weight is 330 g/mol. The first-order valence-corrected chi connectivity index (χ1v) is 7.87. The van der Waals surface area contributed by atoms with E-state index in [-0.39, 0.29) is 0 Å². The van der Waals surface area contributed by atoms with Crippen LogP contribution in [0.25, 0.3) is 0 Å². The van der Waals surface area contributed by atoms with E-state index in [1.807, 2.05) is 11.7 Å². The standard InChI is InChI=1S/C14H24BrN3O/c1-4-12-14(15)13(18(3)16-12)9-17(2)8-11-6-5-7-19-10-11/h11H,4-10H2,1-3H3. The minimum absolute atomic E-state index is 0.677. The zero-order valence-electron chi connectivity index (χ0n) is 12.2. The fourth-order valence-electron chi connectivity index (χ4n) is 2.70. The maximum Gasteiger partial charge on any atom is 0.0767 e. The van der Waals surface area contributed by atoms with Crippen LogP contribution in [0.1, 0.15) is 31.2 Å². The Kier molecular flexibility index (Phi) is 5.42. The molecule has 0 aliphatic carbocycles. The van der Waals surface area contributed by atoms with Gasteiger partial charge < -0.3 is 9.64 Å². The molecular formula is C14H24BrN3O. The van der Waals surface area contributed by atoms with Crippen molar-refractivity contribution in [3.63, 3.8) is 0 Å². The molecule has 1 saturated heterocycles. The molecule has 1 fully saturated rings. The summed E-state index contributed by atoms with van der Waals surface area (Å²) >= 11 is 3.68. The van der Waals surface area contributed by atoms with Crippen molar-refractivity contribution in [3.8, 4) is 0 Å². The van der Waals surface area contributed by atoms with Crippen molar-refractivity contribution in [2.45, 2.75) is 32.7 Å². The molecule has 108 valence electrons.